The van der Waals surface area contributed by atoms with Crippen LogP contribution in [0.1, 0.15) is 5.56 Å². The summed E-state index contributed by atoms with van der Waals surface area (Å²) in [7, 11) is 0. The highest BCUT2D eigenvalue weighted by molar-refractivity contribution is 6.54. The number of anilines is 1. The fraction of sp³-hybridized carbons (Fsp3) is 0. The molecule has 0 bridgehead atoms. The summed E-state index contributed by atoms with van der Waals surface area (Å²) < 4.78 is 0. The van der Waals surface area contributed by atoms with Crippen LogP contribution >= 0.6 is 23.2 Å². The molecule has 0 radical (unpaired) electrons. The quantitative estimate of drug-likeness (QED) is 0.799. The van der Waals surface area contributed by atoms with Crippen LogP contribution in [0, 0.1) is 0 Å². The number of para-hydroxylation sites is 1. The molecular formula is C15H12Cl2N2O. The summed E-state index contributed by atoms with van der Waals surface area (Å²) in [5.74, 6) is 0. The Hall–Kier alpha value is -1.97. The highest BCUT2D eigenvalue weighted by atomic mass is 35.5. The molecule has 2 N–H and O–H groups in total. The Labute approximate surface area is 127 Å². The van der Waals surface area contributed by atoms with Crippen molar-refractivity contribution < 1.29 is 4.79 Å². The first kappa shape index (κ1) is 14.4. The second kappa shape index (κ2) is 6.98. The van der Waals surface area contributed by atoms with Crippen LogP contribution < -0.4 is 10.6 Å². The molecular weight excluding hydrogens is 295 g/mol. The molecule has 102 valence electrons. The Balaban J connectivity index is 2.04. The number of hydrogen-bond acceptors (Lipinski definition) is 1. The van der Waals surface area contributed by atoms with E-state index in [4.69, 9.17) is 23.2 Å². The minimum absolute atomic E-state index is 0.0753. The fourth-order valence-corrected chi connectivity index (χ4v) is 1.92. The van der Waals surface area contributed by atoms with Crippen LogP contribution in [0.5, 0.6) is 0 Å². The Bertz CT molecular complexity index is 612. The summed E-state index contributed by atoms with van der Waals surface area (Å²) in [6.45, 7) is 0. The SMILES string of the molecule is O=C(NC(Cl)=C(Cl)c1ccccc1)Nc1ccccc1. The first-order chi connectivity index (χ1) is 9.66. The molecule has 2 amide bonds. The molecule has 0 fully saturated rings. The molecule has 0 aliphatic rings. The van der Waals surface area contributed by atoms with Gasteiger partial charge in [0.15, 0.2) is 0 Å². The largest absolute Gasteiger partial charge is 0.324 e. The van der Waals surface area contributed by atoms with Crippen LogP contribution in [0.25, 0.3) is 5.03 Å². The number of urea groups is 1. The van der Waals surface area contributed by atoms with Crippen molar-refractivity contribution in [3.8, 4) is 0 Å². The van der Waals surface area contributed by atoms with Gasteiger partial charge in [-0.2, -0.15) is 0 Å². The van der Waals surface area contributed by atoms with E-state index in [1.165, 1.54) is 0 Å². The molecule has 0 heterocycles. The molecule has 0 saturated carbocycles. The molecule has 0 spiro atoms. The zero-order valence-electron chi connectivity index (χ0n) is 10.4. The summed E-state index contributed by atoms with van der Waals surface area (Å²) >= 11 is 12.1. The summed E-state index contributed by atoms with van der Waals surface area (Å²) in [6.07, 6.45) is 0. The van der Waals surface area contributed by atoms with E-state index < -0.39 is 6.03 Å². The summed E-state index contributed by atoms with van der Waals surface area (Å²) in [6, 6.07) is 17.8. The second-order valence-corrected chi connectivity index (χ2v) is 4.70. The highest BCUT2D eigenvalue weighted by Gasteiger charge is 2.08. The number of hydrogen-bond donors (Lipinski definition) is 2. The van der Waals surface area contributed by atoms with Gasteiger partial charge >= 0.3 is 6.03 Å². The topological polar surface area (TPSA) is 41.1 Å². The van der Waals surface area contributed by atoms with E-state index in [0.717, 1.165) is 5.56 Å². The molecule has 2 rings (SSSR count). The number of amides is 2. The molecule has 3 nitrogen and oxygen atoms in total. The molecule has 0 aromatic heterocycles. The van der Waals surface area contributed by atoms with Crippen LogP contribution in [0.4, 0.5) is 10.5 Å². The maximum absolute atomic E-state index is 11.8. The number of carbonyl (C=O) groups is 1. The first-order valence-corrected chi connectivity index (χ1v) is 6.66. The van der Waals surface area contributed by atoms with Gasteiger partial charge in [-0.3, -0.25) is 5.32 Å². The first-order valence-electron chi connectivity index (χ1n) is 5.90. The van der Waals surface area contributed by atoms with Crippen molar-refractivity contribution in [3.05, 3.63) is 71.4 Å². The zero-order valence-corrected chi connectivity index (χ0v) is 11.9. The molecule has 2 aromatic rings. The van der Waals surface area contributed by atoms with E-state index in [-0.39, 0.29) is 10.2 Å². The molecule has 20 heavy (non-hydrogen) atoms. The van der Waals surface area contributed by atoms with Gasteiger partial charge in [0.1, 0.15) is 5.16 Å². The predicted octanol–water partition coefficient (Wildman–Crippen LogP) is 4.61. The highest BCUT2D eigenvalue weighted by Crippen LogP contribution is 2.23. The van der Waals surface area contributed by atoms with Crippen LogP contribution in [-0.2, 0) is 0 Å². The van der Waals surface area contributed by atoms with Gasteiger partial charge in [-0.15, -0.1) is 0 Å². The van der Waals surface area contributed by atoms with Crippen molar-refractivity contribution in [3.63, 3.8) is 0 Å². The Morgan fingerprint density at radius 3 is 2.00 bits per heavy atom. The zero-order chi connectivity index (χ0) is 14.4. The van der Waals surface area contributed by atoms with E-state index in [9.17, 15) is 4.79 Å². The molecule has 0 atom stereocenters. The van der Waals surface area contributed by atoms with Crippen LogP contribution in [-0.4, -0.2) is 6.03 Å². The summed E-state index contributed by atoms with van der Waals surface area (Å²) in [5, 5.41) is 5.50. The average Bonchev–Trinajstić information content (AvgIpc) is 2.48. The Morgan fingerprint density at radius 2 is 1.40 bits per heavy atom. The molecule has 0 aliphatic carbocycles. The van der Waals surface area contributed by atoms with Gasteiger partial charge in [0.25, 0.3) is 0 Å². The smallest absolute Gasteiger partial charge is 0.308 e. The minimum Gasteiger partial charge on any atom is -0.308 e. The predicted molar refractivity (Wildman–Crippen MR) is 83.7 cm³/mol. The molecule has 0 saturated heterocycles. The van der Waals surface area contributed by atoms with E-state index >= 15 is 0 Å². The van der Waals surface area contributed by atoms with Gasteiger partial charge in [-0.05, 0) is 17.7 Å². The number of benzene rings is 2. The maximum atomic E-state index is 11.8. The third kappa shape index (κ3) is 4.02. The standard InChI is InChI=1S/C15H12Cl2N2O/c16-13(11-7-3-1-4-8-11)14(17)19-15(20)18-12-9-5-2-6-10-12/h1-10H,(H2,18,19,20). The average molecular weight is 307 g/mol. The molecule has 0 unspecified atom stereocenters. The number of carbonyl (C=O) groups excluding carboxylic acids is 1. The molecule has 5 heteroatoms. The van der Waals surface area contributed by atoms with E-state index in [0.29, 0.717) is 5.69 Å². The lowest BCUT2D eigenvalue weighted by molar-refractivity contribution is 0.255. The Morgan fingerprint density at radius 1 is 0.850 bits per heavy atom. The summed E-state index contributed by atoms with van der Waals surface area (Å²) in [4.78, 5) is 11.8. The minimum atomic E-state index is -0.449. The molecule has 2 aromatic carbocycles. The lowest BCUT2D eigenvalue weighted by atomic mass is 10.2. The third-order valence-corrected chi connectivity index (χ3v) is 3.26. The van der Waals surface area contributed by atoms with Gasteiger partial charge in [0, 0.05) is 5.69 Å². The van der Waals surface area contributed by atoms with Crippen molar-refractivity contribution in [1.82, 2.24) is 5.32 Å². The van der Waals surface area contributed by atoms with Crippen molar-refractivity contribution in [1.29, 1.82) is 0 Å². The van der Waals surface area contributed by atoms with Crippen LogP contribution in [0.3, 0.4) is 0 Å². The van der Waals surface area contributed by atoms with Crippen LogP contribution in [0.15, 0.2) is 65.8 Å². The van der Waals surface area contributed by atoms with Crippen molar-refractivity contribution in [2.45, 2.75) is 0 Å². The third-order valence-electron chi connectivity index (χ3n) is 2.47. The second-order valence-electron chi connectivity index (χ2n) is 3.94. The monoisotopic (exact) mass is 306 g/mol. The van der Waals surface area contributed by atoms with Gasteiger partial charge in [-0.1, -0.05) is 71.7 Å². The van der Waals surface area contributed by atoms with Gasteiger partial charge in [0.05, 0.1) is 5.03 Å². The normalized spacial score (nSPS) is 11.5. The van der Waals surface area contributed by atoms with Gasteiger partial charge < -0.3 is 5.32 Å². The lowest BCUT2D eigenvalue weighted by Crippen LogP contribution is -2.26. The van der Waals surface area contributed by atoms with E-state index in [2.05, 4.69) is 10.6 Å². The Kier molecular flexibility index (Phi) is 5.04. The maximum Gasteiger partial charge on any atom is 0.324 e. The van der Waals surface area contributed by atoms with Gasteiger partial charge in [0.2, 0.25) is 0 Å². The number of nitrogens with one attached hydrogen (secondary N) is 2. The lowest BCUT2D eigenvalue weighted by Gasteiger charge is -2.08. The number of halogens is 2. The van der Waals surface area contributed by atoms with Gasteiger partial charge in [-0.25, -0.2) is 4.79 Å². The van der Waals surface area contributed by atoms with E-state index in [1.807, 2.05) is 48.5 Å². The van der Waals surface area contributed by atoms with Crippen molar-refractivity contribution >= 4 is 40.0 Å². The van der Waals surface area contributed by atoms with Crippen LogP contribution in [0.2, 0.25) is 0 Å². The molecule has 0 aliphatic heterocycles. The van der Waals surface area contributed by atoms with Crippen molar-refractivity contribution in [2.75, 3.05) is 5.32 Å². The fourth-order valence-electron chi connectivity index (χ4n) is 1.55. The van der Waals surface area contributed by atoms with Crippen molar-refractivity contribution in [2.24, 2.45) is 0 Å². The number of rotatable bonds is 3. The van der Waals surface area contributed by atoms with E-state index in [1.54, 1.807) is 12.1 Å². The summed E-state index contributed by atoms with van der Waals surface area (Å²) in [5.41, 5.74) is 1.41.